The van der Waals surface area contributed by atoms with Crippen molar-refractivity contribution >= 4 is 12.1 Å². The molecule has 1 N–H and O–H groups in total. The van der Waals surface area contributed by atoms with Crippen LogP contribution in [0.5, 0.6) is 0 Å². The summed E-state index contributed by atoms with van der Waals surface area (Å²) in [5.41, 5.74) is -0.612. The zero-order valence-corrected chi connectivity index (χ0v) is 14.3. The van der Waals surface area contributed by atoms with Crippen LogP contribution in [-0.4, -0.2) is 40.3 Å². The molecule has 1 heterocycles. The van der Waals surface area contributed by atoms with Gasteiger partial charge in [-0.05, 0) is 27.2 Å². The van der Waals surface area contributed by atoms with Crippen LogP contribution in [0.1, 0.15) is 27.2 Å². The minimum absolute atomic E-state index is 0. The van der Waals surface area contributed by atoms with E-state index in [4.69, 9.17) is 9.84 Å². The molecule has 0 aromatic rings. The fraction of sp³-hybridized carbons (Fsp3) is 0.667. The summed E-state index contributed by atoms with van der Waals surface area (Å²) in [7, 11) is 0. The number of carboxylic acids is 1. The molecule has 1 fully saturated rings. The van der Waals surface area contributed by atoms with E-state index in [1.54, 1.807) is 20.8 Å². The van der Waals surface area contributed by atoms with Gasteiger partial charge in [0.2, 0.25) is 0 Å². The Hall–Kier alpha value is -0.156. The third kappa shape index (κ3) is 5.66. The quantitative estimate of drug-likeness (QED) is 0.746. The Balaban J connectivity index is 0. The van der Waals surface area contributed by atoms with Gasteiger partial charge in [0.15, 0.2) is 0 Å². The van der Waals surface area contributed by atoms with E-state index in [1.165, 1.54) is 4.90 Å². The Kier molecular flexibility index (Phi) is 8.33. The van der Waals surface area contributed by atoms with Crippen molar-refractivity contribution in [1.82, 2.24) is 4.90 Å². The molecule has 1 aliphatic rings. The Morgan fingerprint density at radius 2 is 1.89 bits per heavy atom. The minimum atomic E-state index is -1.00. The van der Waals surface area contributed by atoms with Crippen molar-refractivity contribution in [1.29, 1.82) is 0 Å². The van der Waals surface area contributed by atoms with E-state index in [0.717, 1.165) is 0 Å². The van der Waals surface area contributed by atoms with Crippen molar-refractivity contribution in [2.45, 2.75) is 38.8 Å². The Morgan fingerprint density at radius 1 is 1.39 bits per heavy atom. The van der Waals surface area contributed by atoms with E-state index >= 15 is 0 Å². The molecule has 0 aromatic carbocycles. The van der Waals surface area contributed by atoms with Gasteiger partial charge in [-0.2, -0.15) is 0 Å². The molecule has 0 bridgehead atoms. The molecule has 18 heavy (non-hydrogen) atoms. The van der Waals surface area contributed by atoms with Crippen LogP contribution in [-0.2, 0) is 42.2 Å². The first-order valence-corrected chi connectivity index (χ1v) is 5.26. The van der Waals surface area contributed by atoms with Gasteiger partial charge in [-0.1, -0.05) is 0 Å². The van der Waals surface area contributed by atoms with Gasteiger partial charge in [0, 0.05) is 39.3 Å². The van der Waals surface area contributed by atoms with Crippen LogP contribution in [0.25, 0.3) is 0 Å². The predicted octanol–water partition coefficient (Wildman–Crippen LogP) is 1.98. The zero-order chi connectivity index (χ0) is 12.5. The second-order valence-corrected chi connectivity index (χ2v) is 5.09. The smallest absolute Gasteiger partial charge is 0.410 e. The van der Waals surface area contributed by atoms with E-state index in [1.807, 2.05) is 0 Å². The van der Waals surface area contributed by atoms with Crippen LogP contribution in [0.3, 0.4) is 0 Å². The number of rotatable bonds is 1. The Labute approximate surface area is 134 Å². The summed E-state index contributed by atoms with van der Waals surface area (Å²) in [6.07, 6.45) is -0.194. The number of hydrogen-bond acceptors (Lipinski definition) is 3. The summed E-state index contributed by atoms with van der Waals surface area (Å²) in [5, 5.41) is 8.97. The molecule has 1 rings (SSSR count). The number of carbonyl (C=O) groups excluding carboxylic acids is 1. The van der Waals surface area contributed by atoms with E-state index < -0.39 is 23.7 Å². The van der Waals surface area contributed by atoms with Crippen LogP contribution < -0.4 is 0 Å². The molecule has 1 saturated heterocycles. The van der Waals surface area contributed by atoms with Crippen LogP contribution >= 0.6 is 0 Å². The molecule has 1 amide bonds. The van der Waals surface area contributed by atoms with E-state index in [2.05, 4.69) is 6.92 Å². The molecule has 0 spiro atoms. The van der Waals surface area contributed by atoms with Crippen LogP contribution in [0, 0.1) is 20.3 Å². The maximum absolute atomic E-state index is 11.7. The van der Waals surface area contributed by atoms with Crippen LogP contribution in [0.15, 0.2) is 0 Å². The zero-order valence-electron chi connectivity index (χ0n) is 11.5. The Bertz CT molecular complexity index is 301. The van der Waals surface area contributed by atoms with E-state index in [-0.39, 0.29) is 46.1 Å². The number of ether oxygens (including phenoxy) is 1. The summed E-state index contributed by atoms with van der Waals surface area (Å²) in [6.45, 7) is 9.37. The molecule has 6 heteroatoms. The molecule has 5 nitrogen and oxygen atoms in total. The predicted molar refractivity (Wildman–Crippen MR) is 64.2 cm³/mol. The third-order valence-corrected chi connectivity index (χ3v) is 2.30. The van der Waals surface area contributed by atoms with Crippen molar-refractivity contribution < 1.29 is 52.1 Å². The Morgan fingerprint density at radius 3 is 2.28 bits per heavy atom. The van der Waals surface area contributed by atoms with Crippen molar-refractivity contribution in [2.24, 2.45) is 5.92 Å². The fourth-order valence-electron chi connectivity index (χ4n) is 1.68. The summed E-state index contributed by atoms with van der Waals surface area (Å²) >= 11 is 0. The molecule has 103 valence electrons. The van der Waals surface area contributed by atoms with Gasteiger partial charge in [0.05, 0.1) is 0 Å². The molecular formula is C12H21NO4Y-2. The SMILES string of the molecule is [CH2-][C@@H]1C[C@@H](C(=O)O)N(C(=O)OC(C)(C)C)C1.[CH3-].[Y]. The maximum atomic E-state index is 11.7. The molecule has 2 atom stereocenters. The number of likely N-dealkylation sites (tertiary alicyclic amines) is 1. The largest absolute Gasteiger partial charge is 0.480 e. The third-order valence-electron chi connectivity index (χ3n) is 2.30. The van der Waals surface area contributed by atoms with Gasteiger partial charge in [-0.25, -0.2) is 9.59 Å². The minimum Gasteiger partial charge on any atom is -0.480 e. The fourth-order valence-corrected chi connectivity index (χ4v) is 1.68. The number of carbonyl (C=O) groups is 2. The summed E-state index contributed by atoms with van der Waals surface area (Å²) in [6, 6.07) is -0.808. The number of nitrogens with zero attached hydrogens (tertiary/aromatic N) is 1. The standard InChI is InChI=1S/C11H18NO4.CH3.Y/c1-7-5-8(9(13)14)12(6-7)10(15)16-11(2,3)4;;/h7-8H,1,5-6H2,2-4H3,(H,13,14);1H3;/q2*-1;/t7-,8+;;/m1../s1. The molecule has 0 aromatic heterocycles. The maximum Gasteiger partial charge on any atom is 0.410 e. The van der Waals surface area contributed by atoms with Gasteiger partial charge in [0.1, 0.15) is 11.6 Å². The average Bonchev–Trinajstić information content (AvgIpc) is 2.44. The average molecular weight is 332 g/mol. The molecule has 0 saturated carbocycles. The molecule has 0 unspecified atom stereocenters. The van der Waals surface area contributed by atoms with Gasteiger partial charge in [-0.3, -0.25) is 4.90 Å². The number of aliphatic carboxylic acids is 1. The van der Waals surface area contributed by atoms with Crippen molar-refractivity contribution in [2.75, 3.05) is 6.54 Å². The first-order valence-electron chi connectivity index (χ1n) is 5.26. The first kappa shape index (κ1) is 20.2. The molecule has 0 aliphatic carbocycles. The number of carboxylic acid groups (broad SMARTS) is 1. The normalized spacial score (nSPS) is 22.8. The topological polar surface area (TPSA) is 66.8 Å². The van der Waals surface area contributed by atoms with Crippen molar-refractivity contribution in [3.05, 3.63) is 14.4 Å². The van der Waals surface area contributed by atoms with Gasteiger partial charge < -0.3 is 24.2 Å². The van der Waals surface area contributed by atoms with Crippen LogP contribution in [0.2, 0.25) is 0 Å². The summed E-state index contributed by atoms with van der Waals surface area (Å²) in [4.78, 5) is 23.9. The second kappa shape index (κ2) is 7.44. The van der Waals surface area contributed by atoms with Crippen molar-refractivity contribution in [3.8, 4) is 0 Å². The van der Waals surface area contributed by atoms with E-state index in [0.29, 0.717) is 13.0 Å². The van der Waals surface area contributed by atoms with Gasteiger partial charge in [0.25, 0.3) is 0 Å². The molecular weight excluding hydrogens is 311 g/mol. The summed E-state index contributed by atoms with van der Waals surface area (Å²) in [5.74, 6) is -1.05. The number of hydrogen-bond donors (Lipinski definition) is 1. The monoisotopic (exact) mass is 332 g/mol. The van der Waals surface area contributed by atoms with Gasteiger partial charge in [-0.15, -0.1) is 5.92 Å². The molecule has 1 radical (unpaired) electrons. The first-order chi connectivity index (χ1) is 7.20. The van der Waals surface area contributed by atoms with Crippen molar-refractivity contribution in [3.63, 3.8) is 0 Å². The molecule has 1 aliphatic heterocycles. The number of amides is 1. The summed E-state index contributed by atoms with van der Waals surface area (Å²) < 4.78 is 5.15. The van der Waals surface area contributed by atoms with Crippen LogP contribution in [0.4, 0.5) is 4.79 Å². The van der Waals surface area contributed by atoms with E-state index in [9.17, 15) is 9.59 Å². The second-order valence-electron chi connectivity index (χ2n) is 5.09. The van der Waals surface area contributed by atoms with Gasteiger partial charge >= 0.3 is 12.1 Å².